The van der Waals surface area contributed by atoms with E-state index in [0.29, 0.717) is 25.3 Å². The van der Waals surface area contributed by atoms with Gasteiger partial charge in [0.1, 0.15) is 11.6 Å². The van der Waals surface area contributed by atoms with Gasteiger partial charge in [0.25, 0.3) is 5.91 Å². The Morgan fingerprint density at radius 1 is 1.16 bits per heavy atom. The molecule has 0 aliphatic carbocycles. The maximum atomic E-state index is 12.8. The average Bonchev–Trinajstić information content (AvgIpc) is 3.01. The van der Waals surface area contributed by atoms with Gasteiger partial charge in [-0.15, -0.1) is 0 Å². The van der Waals surface area contributed by atoms with Crippen LogP contribution in [0.15, 0.2) is 54.6 Å². The molecule has 1 heterocycles. The van der Waals surface area contributed by atoms with E-state index < -0.39 is 0 Å². The van der Waals surface area contributed by atoms with Crippen LogP contribution in [0.2, 0.25) is 0 Å². The van der Waals surface area contributed by atoms with Crippen molar-refractivity contribution in [1.82, 2.24) is 5.32 Å². The summed E-state index contributed by atoms with van der Waals surface area (Å²) in [5.41, 5.74) is 0.876. The van der Waals surface area contributed by atoms with Crippen molar-refractivity contribution >= 4 is 17.5 Å². The fourth-order valence-electron chi connectivity index (χ4n) is 2.76. The van der Waals surface area contributed by atoms with Gasteiger partial charge in [-0.05, 0) is 36.4 Å². The first-order valence-corrected chi connectivity index (χ1v) is 8.12. The van der Waals surface area contributed by atoms with E-state index in [9.17, 15) is 14.0 Å². The Hall–Kier alpha value is -2.89. The largest absolute Gasteiger partial charge is 0.484 e. The first-order valence-electron chi connectivity index (χ1n) is 8.12. The van der Waals surface area contributed by atoms with E-state index in [1.807, 2.05) is 30.3 Å². The minimum absolute atomic E-state index is 0.0630. The molecule has 1 fully saturated rings. The maximum Gasteiger partial charge on any atom is 0.257 e. The normalized spacial score (nSPS) is 16.8. The Bertz CT molecular complexity index is 734. The standard InChI is InChI=1S/C19H19FN2O3/c20-15-6-8-17(9-7-15)25-13-18(23)21-11-14-10-19(24)22(12-14)16-4-2-1-3-5-16/h1-9,14H,10-13H2,(H,21,23)/t14-/m0/s1. The third kappa shape index (κ3) is 4.56. The average molecular weight is 342 g/mol. The highest BCUT2D eigenvalue weighted by Crippen LogP contribution is 2.24. The Morgan fingerprint density at radius 2 is 1.88 bits per heavy atom. The molecule has 0 aromatic heterocycles. The van der Waals surface area contributed by atoms with Crippen LogP contribution in [0.5, 0.6) is 5.75 Å². The van der Waals surface area contributed by atoms with E-state index in [4.69, 9.17) is 4.74 Å². The molecule has 3 rings (SSSR count). The predicted octanol–water partition coefficient (Wildman–Crippen LogP) is 2.37. The number of hydrogen-bond acceptors (Lipinski definition) is 3. The molecule has 0 spiro atoms. The van der Waals surface area contributed by atoms with Crippen molar-refractivity contribution in [3.05, 3.63) is 60.4 Å². The van der Waals surface area contributed by atoms with E-state index in [0.717, 1.165) is 5.69 Å². The van der Waals surface area contributed by atoms with Gasteiger partial charge in [0.15, 0.2) is 6.61 Å². The monoisotopic (exact) mass is 342 g/mol. The summed E-state index contributed by atoms with van der Waals surface area (Å²) in [5, 5.41) is 2.78. The Balaban J connectivity index is 1.43. The van der Waals surface area contributed by atoms with Gasteiger partial charge in [0.05, 0.1) is 0 Å². The first kappa shape index (κ1) is 17.0. The van der Waals surface area contributed by atoms with Crippen LogP contribution in [0, 0.1) is 11.7 Å². The van der Waals surface area contributed by atoms with Gasteiger partial charge in [-0.1, -0.05) is 18.2 Å². The van der Waals surface area contributed by atoms with E-state index in [1.165, 1.54) is 24.3 Å². The van der Waals surface area contributed by atoms with Crippen LogP contribution < -0.4 is 15.0 Å². The van der Waals surface area contributed by atoms with Crippen LogP contribution in [-0.2, 0) is 9.59 Å². The highest BCUT2D eigenvalue weighted by atomic mass is 19.1. The number of nitrogens with zero attached hydrogens (tertiary/aromatic N) is 1. The van der Waals surface area contributed by atoms with Gasteiger partial charge in [0.2, 0.25) is 5.91 Å². The molecule has 25 heavy (non-hydrogen) atoms. The zero-order valence-corrected chi connectivity index (χ0v) is 13.7. The van der Waals surface area contributed by atoms with Crippen molar-refractivity contribution in [2.24, 2.45) is 5.92 Å². The van der Waals surface area contributed by atoms with E-state index in [1.54, 1.807) is 4.90 Å². The molecule has 6 heteroatoms. The van der Waals surface area contributed by atoms with Crippen LogP contribution in [0.3, 0.4) is 0 Å². The highest BCUT2D eigenvalue weighted by molar-refractivity contribution is 5.95. The van der Waals surface area contributed by atoms with Crippen molar-refractivity contribution in [2.45, 2.75) is 6.42 Å². The number of amides is 2. The van der Waals surface area contributed by atoms with Gasteiger partial charge in [-0.25, -0.2) is 4.39 Å². The second-order valence-corrected chi connectivity index (χ2v) is 5.96. The summed E-state index contributed by atoms with van der Waals surface area (Å²) in [6.45, 7) is 0.858. The number of rotatable bonds is 6. The lowest BCUT2D eigenvalue weighted by Crippen LogP contribution is -2.34. The van der Waals surface area contributed by atoms with E-state index in [2.05, 4.69) is 5.32 Å². The van der Waals surface area contributed by atoms with Crippen LogP contribution in [-0.4, -0.2) is 31.5 Å². The Morgan fingerprint density at radius 3 is 2.60 bits per heavy atom. The third-order valence-corrected chi connectivity index (χ3v) is 4.04. The molecule has 0 bridgehead atoms. The minimum Gasteiger partial charge on any atom is -0.484 e. The molecule has 2 amide bonds. The summed E-state index contributed by atoms with van der Waals surface area (Å²) in [4.78, 5) is 25.7. The molecule has 0 unspecified atom stereocenters. The van der Waals surface area contributed by atoms with E-state index in [-0.39, 0.29) is 30.2 Å². The smallest absolute Gasteiger partial charge is 0.257 e. The second-order valence-electron chi connectivity index (χ2n) is 5.96. The van der Waals surface area contributed by atoms with Crippen LogP contribution in [0.1, 0.15) is 6.42 Å². The minimum atomic E-state index is -0.356. The number of hydrogen-bond donors (Lipinski definition) is 1. The summed E-state index contributed by atoms with van der Waals surface area (Å²) in [6, 6.07) is 15.0. The molecule has 2 aromatic carbocycles. The number of benzene rings is 2. The number of halogens is 1. The number of anilines is 1. The van der Waals surface area contributed by atoms with Crippen molar-refractivity contribution in [2.75, 3.05) is 24.6 Å². The Labute approximate surface area is 145 Å². The molecule has 130 valence electrons. The van der Waals surface area contributed by atoms with E-state index >= 15 is 0 Å². The van der Waals surface area contributed by atoms with Gasteiger partial charge < -0.3 is 15.0 Å². The molecule has 1 aliphatic heterocycles. The zero-order valence-electron chi connectivity index (χ0n) is 13.7. The fourth-order valence-corrected chi connectivity index (χ4v) is 2.76. The van der Waals surface area contributed by atoms with Gasteiger partial charge in [-0.3, -0.25) is 9.59 Å². The summed E-state index contributed by atoms with van der Waals surface area (Å²) in [7, 11) is 0. The molecule has 1 saturated heterocycles. The number of nitrogens with one attached hydrogen (secondary N) is 1. The van der Waals surface area contributed by atoms with Gasteiger partial charge in [0, 0.05) is 31.1 Å². The zero-order chi connectivity index (χ0) is 17.6. The predicted molar refractivity (Wildman–Crippen MR) is 91.8 cm³/mol. The molecular weight excluding hydrogens is 323 g/mol. The number of para-hydroxylation sites is 1. The van der Waals surface area contributed by atoms with Crippen molar-refractivity contribution in [3.8, 4) is 5.75 Å². The number of ether oxygens (including phenoxy) is 1. The van der Waals surface area contributed by atoms with Gasteiger partial charge in [-0.2, -0.15) is 0 Å². The van der Waals surface area contributed by atoms with Crippen LogP contribution in [0.4, 0.5) is 10.1 Å². The number of carbonyl (C=O) groups is 2. The fraction of sp³-hybridized carbons (Fsp3) is 0.263. The molecule has 0 radical (unpaired) electrons. The summed E-state index contributed by atoms with van der Waals surface area (Å²) in [6.07, 6.45) is 0.411. The maximum absolute atomic E-state index is 12.8. The summed E-state index contributed by atoms with van der Waals surface area (Å²) >= 11 is 0. The van der Waals surface area contributed by atoms with Gasteiger partial charge >= 0.3 is 0 Å². The van der Waals surface area contributed by atoms with Crippen molar-refractivity contribution < 1.29 is 18.7 Å². The molecule has 1 atom stereocenters. The topological polar surface area (TPSA) is 58.6 Å². The first-order chi connectivity index (χ1) is 12.1. The quantitative estimate of drug-likeness (QED) is 0.877. The highest BCUT2D eigenvalue weighted by Gasteiger charge is 2.30. The van der Waals surface area contributed by atoms with Crippen LogP contribution >= 0.6 is 0 Å². The lowest BCUT2D eigenvalue weighted by atomic mass is 10.1. The number of carbonyl (C=O) groups excluding carboxylic acids is 2. The molecule has 5 nitrogen and oxygen atoms in total. The second kappa shape index (κ2) is 7.79. The lowest BCUT2D eigenvalue weighted by Gasteiger charge is -2.16. The summed E-state index contributed by atoms with van der Waals surface area (Å²) < 4.78 is 18.1. The van der Waals surface area contributed by atoms with Crippen LogP contribution in [0.25, 0.3) is 0 Å². The molecule has 2 aromatic rings. The Kier molecular flexibility index (Phi) is 5.28. The molecule has 0 saturated carbocycles. The molecule has 1 aliphatic rings. The SMILES string of the molecule is O=C(COc1ccc(F)cc1)NC[C@@H]1CC(=O)N(c2ccccc2)C1. The molecular formula is C19H19FN2O3. The van der Waals surface area contributed by atoms with Crippen molar-refractivity contribution in [1.29, 1.82) is 0 Å². The lowest BCUT2D eigenvalue weighted by molar-refractivity contribution is -0.123. The third-order valence-electron chi connectivity index (χ3n) is 4.04. The van der Waals surface area contributed by atoms with Crippen molar-refractivity contribution in [3.63, 3.8) is 0 Å². The summed E-state index contributed by atoms with van der Waals surface area (Å²) in [5.74, 6) is -0.0565. The molecule has 1 N–H and O–H groups in total.